The topological polar surface area (TPSA) is 50.4 Å². The second kappa shape index (κ2) is 5.51. The Kier molecular flexibility index (Phi) is 3.98. The van der Waals surface area contributed by atoms with Gasteiger partial charge in [0.15, 0.2) is 0 Å². The van der Waals surface area contributed by atoms with Gasteiger partial charge in [0.2, 0.25) is 5.91 Å². The van der Waals surface area contributed by atoms with Crippen LogP contribution >= 0.6 is 0 Å². The molecule has 4 nitrogen and oxygen atoms in total. The van der Waals surface area contributed by atoms with Gasteiger partial charge in [0.25, 0.3) is 0 Å². The lowest BCUT2D eigenvalue weighted by molar-refractivity contribution is -0.120. The standard InChI is InChI=1S/C15H22N2O2/c1-9(2)11-8-16-12-6-5-7-13(19-10(3)4)14(12)17-15(11)18/h5-7,9-11,16H,8H2,1-4H3,(H,17,18). The Morgan fingerprint density at radius 1 is 1.26 bits per heavy atom. The van der Waals surface area contributed by atoms with Gasteiger partial charge in [-0.05, 0) is 31.9 Å². The van der Waals surface area contributed by atoms with Gasteiger partial charge in [-0.25, -0.2) is 0 Å². The third-order valence-corrected chi connectivity index (χ3v) is 3.29. The molecule has 4 heteroatoms. The lowest BCUT2D eigenvalue weighted by Crippen LogP contribution is -2.30. The number of ether oxygens (including phenoxy) is 1. The Morgan fingerprint density at radius 3 is 2.63 bits per heavy atom. The summed E-state index contributed by atoms with van der Waals surface area (Å²) < 4.78 is 5.76. The molecule has 0 aliphatic carbocycles. The highest BCUT2D eigenvalue weighted by molar-refractivity contribution is 5.99. The van der Waals surface area contributed by atoms with Gasteiger partial charge in [0, 0.05) is 6.54 Å². The first-order valence-electron chi connectivity index (χ1n) is 6.83. The maximum atomic E-state index is 12.2. The number of amides is 1. The van der Waals surface area contributed by atoms with Crippen LogP contribution in [0.25, 0.3) is 0 Å². The number of hydrogen-bond acceptors (Lipinski definition) is 3. The number of hydrogen-bond donors (Lipinski definition) is 2. The Hall–Kier alpha value is -1.71. The van der Waals surface area contributed by atoms with Crippen molar-refractivity contribution < 1.29 is 9.53 Å². The summed E-state index contributed by atoms with van der Waals surface area (Å²) in [7, 11) is 0. The van der Waals surface area contributed by atoms with Crippen LogP contribution in [-0.4, -0.2) is 18.6 Å². The third-order valence-electron chi connectivity index (χ3n) is 3.29. The molecule has 104 valence electrons. The van der Waals surface area contributed by atoms with E-state index in [1.165, 1.54) is 0 Å². The minimum atomic E-state index is -0.0284. The van der Waals surface area contributed by atoms with Gasteiger partial charge in [-0.2, -0.15) is 0 Å². The van der Waals surface area contributed by atoms with Crippen molar-refractivity contribution in [2.45, 2.75) is 33.8 Å². The van der Waals surface area contributed by atoms with Gasteiger partial charge in [-0.15, -0.1) is 0 Å². The summed E-state index contributed by atoms with van der Waals surface area (Å²) in [5.74, 6) is 1.05. The Morgan fingerprint density at radius 2 is 2.00 bits per heavy atom. The van der Waals surface area contributed by atoms with E-state index in [9.17, 15) is 4.79 Å². The fourth-order valence-electron chi connectivity index (χ4n) is 2.23. The van der Waals surface area contributed by atoms with Crippen LogP contribution in [0.3, 0.4) is 0 Å². The summed E-state index contributed by atoms with van der Waals surface area (Å²) in [6.07, 6.45) is 0.0764. The Balaban J connectivity index is 2.32. The average Bonchev–Trinajstić information content (AvgIpc) is 2.48. The molecule has 0 saturated heterocycles. The van der Waals surface area contributed by atoms with Crippen LogP contribution in [0.1, 0.15) is 27.7 Å². The summed E-state index contributed by atoms with van der Waals surface area (Å²) in [4.78, 5) is 12.2. The summed E-state index contributed by atoms with van der Waals surface area (Å²) in [5, 5.41) is 6.34. The minimum absolute atomic E-state index is 0.0284. The molecule has 2 N–H and O–H groups in total. The maximum Gasteiger partial charge on any atom is 0.229 e. The molecule has 19 heavy (non-hydrogen) atoms. The van der Waals surface area contributed by atoms with Crippen LogP contribution in [0.4, 0.5) is 11.4 Å². The normalized spacial score (nSPS) is 18.6. The first kappa shape index (κ1) is 13.7. The highest BCUT2D eigenvalue weighted by Crippen LogP contribution is 2.36. The summed E-state index contributed by atoms with van der Waals surface area (Å²) >= 11 is 0. The highest BCUT2D eigenvalue weighted by atomic mass is 16.5. The molecule has 2 rings (SSSR count). The van der Waals surface area contributed by atoms with Crippen molar-refractivity contribution in [2.75, 3.05) is 17.2 Å². The van der Waals surface area contributed by atoms with E-state index in [1.807, 2.05) is 32.0 Å². The van der Waals surface area contributed by atoms with Gasteiger partial charge < -0.3 is 15.4 Å². The largest absolute Gasteiger partial charge is 0.489 e. The molecule has 0 aromatic heterocycles. The molecule has 0 fully saturated rings. The van der Waals surface area contributed by atoms with E-state index in [-0.39, 0.29) is 17.9 Å². The molecule has 0 spiro atoms. The molecule has 1 aromatic carbocycles. The zero-order valence-electron chi connectivity index (χ0n) is 12.0. The predicted molar refractivity (Wildman–Crippen MR) is 77.7 cm³/mol. The average molecular weight is 262 g/mol. The second-order valence-electron chi connectivity index (χ2n) is 5.57. The van der Waals surface area contributed by atoms with Gasteiger partial charge in [-0.1, -0.05) is 19.9 Å². The van der Waals surface area contributed by atoms with Crippen LogP contribution in [0, 0.1) is 11.8 Å². The van der Waals surface area contributed by atoms with Gasteiger partial charge >= 0.3 is 0 Å². The Labute approximate surface area is 114 Å². The molecule has 1 unspecified atom stereocenters. The van der Waals surface area contributed by atoms with Crippen LogP contribution in [-0.2, 0) is 4.79 Å². The zero-order valence-corrected chi connectivity index (χ0v) is 12.0. The van der Waals surface area contributed by atoms with Crippen molar-refractivity contribution >= 4 is 17.3 Å². The molecule has 0 bridgehead atoms. The number of para-hydroxylation sites is 1. The van der Waals surface area contributed by atoms with E-state index >= 15 is 0 Å². The van der Waals surface area contributed by atoms with Crippen molar-refractivity contribution in [3.05, 3.63) is 18.2 Å². The van der Waals surface area contributed by atoms with E-state index in [2.05, 4.69) is 24.5 Å². The van der Waals surface area contributed by atoms with E-state index in [0.29, 0.717) is 12.5 Å². The SMILES string of the molecule is CC(C)Oc1cccc2c1NC(=O)C(C(C)C)CN2. The van der Waals surface area contributed by atoms with E-state index in [0.717, 1.165) is 17.1 Å². The molecular weight excluding hydrogens is 240 g/mol. The van der Waals surface area contributed by atoms with E-state index in [1.54, 1.807) is 0 Å². The third kappa shape index (κ3) is 3.00. The molecule has 1 aromatic rings. The molecule has 1 heterocycles. The zero-order chi connectivity index (χ0) is 14.0. The van der Waals surface area contributed by atoms with Crippen LogP contribution in [0.15, 0.2) is 18.2 Å². The monoisotopic (exact) mass is 262 g/mol. The van der Waals surface area contributed by atoms with Crippen molar-refractivity contribution in [3.8, 4) is 5.75 Å². The number of benzene rings is 1. The van der Waals surface area contributed by atoms with Crippen LogP contribution in [0.2, 0.25) is 0 Å². The van der Waals surface area contributed by atoms with E-state index in [4.69, 9.17) is 4.74 Å². The summed E-state index contributed by atoms with van der Waals surface area (Å²) in [6.45, 7) is 8.73. The first-order valence-corrected chi connectivity index (χ1v) is 6.83. The highest BCUT2D eigenvalue weighted by Gasteiger charge is 2.27. The number of carbonyl (C=O) groups excluding carboxylic acids is 1. The van der Waals surface area contributed by atoms with Gasteiger partial charge in [-0.3, -0.25) is 4.79 Å². The predicted octanol–water partition coefficient (Wildman–Crippen LogP) is 3.11. The second-order valence-corrected chi connectivity index (χ2v) is 5.57. The molecule has 0 radical (unpaired) electrons. The van der Waals surface area contributed by atoms with Crippen LogP contribution in [0.5, 0.6) is 5.75 Å². The maximum absolute atomic E-state index is 12.2. The minimum Gasteiger partial charge on any atom is -0.489 e. The molecular formula is C15H22N2O2. The van der Waals surface area contributed by atoms with Crippen molar-refractivity contribution in [1.82, 2.24) is 0 Å². The smallest absolute Gasteiger partial charge is 0.229 e. The fourth-order valence-corrected chi connectivity index (χ4v) is 2.23. The molecule has 1 aliphatic heterocycles. The van der Waals surface area contributed by atoms with Crippen molar-refractivity contribution in [3.63, 3.8) is 0 Å². The van der Waals surface area contributed by atoms with Gasteiger partial charge in [0.1, 0.15) is 11.4 Å². The Bertz CT molecular complexity index is 469. The summed E-state index contributed by atoms with van der Waals surface area (Å²) in [5.41, 5.74) is 1.68. The number of anilines is 2. The molecule has 1 atom stereocenters. The van der Waals surface area contributed by atoms with E-state index < -0.39 is 0 Å². The molecule has 1 aliphatic rings. The van der Waals surface area contributed by atoms with Crippen molar-refractivity contribution in [2.24, 2.45) is 11.8 Å². The number of fused-ring (bicyclic) bond motifs is 1. The van der Waals surface area contributed by atoms with Gasteiger partial charge in [0.05, 0.1) is 17.7 Å². The van der Waals surface area contributed by atoms with Crippen LogP contribution < -0.4 is 15.4 Å². The van der Waals surface area contributed by atoms with Crippen molar-refractivity contribution in [1.29, 1.82) is 0 Å². The number of carbonyl (C=O) groups is 1. The molecule has 0 saturated carbocycles. The number of nitrogens with one attached hydrogen (secondary N) is 2. The lowest BCUT2D eigenvalue weighted by atomic mass is 9.95. The number of rotatable bonds is 3. The quantitative estimate of drug-likeness (QED) is 0.880. The lowest BCUT2D eigenvalue weighted by Gasteiger charge is -2.17. The summed E-state index contributed by atoms with van der Waals surface area (Å²) in [6, 6.07) is 5.79. The fraction of sp³-hybridized carbons (Fsp3) is 0.533. The first-order chi connectivity index (χ1) is 8.99. The molecule has 1 amide bonds.